The summed E-state index contributed by atoms with van der Waals surface area (Å²) in [5, 5.41) is 10.3. The largest absolute Gasteiger partial charge is 0.494 e. The van der Waals surface area contributed by atoms with Crippen molar-refractivity contribution in [3.05, 3.63) is 65.7 Å². The molecule has 156 valence electrons. The van der Waals surface area contributed by atoms with Gasteiger partial charge in [-0.05, 0) is 60.9 Å². The van der Waals surface area contributed by atoms with Crippen molar-refractivity contribution in [3.63, 3.8) is 0 Å². The highest BCUT2D eigenvalue weighted by molar-refractivity contribution is 5.94. The van der Waals surface area contributed by atoms with Gasteiger partial charge in [-0.25, -0.2) is 8.78 Å². The summed E-state index contributed by atoms with van der Waals surface area (Å²) in [5.41, 5.74) is 1.90. The summed E-state index contributed by atoms with van der Waals surface area (Å²) in [4.78, 5) is 14.6. The maximum absolute atomic E-state index is 13.9. The topological polar surface area (TPSA) is 70.2 Å². The van der Waals surface area contributed by atoms with Gasteiger partial charge in [-0.1, -0.05) is 0 Å². The number of hydrogen-bond acceptors (Lipinski definition) is 4. The molecule has 0 aliphatic carbocycles. The van der Waals surface area contributed by atoms with Crippen molar-refractivity contribution in [1.29, 1.82) is 0 Å². The van der Waals surface area contributed by atoms with Crippen LogP contribution in [-0.2, 0) is 0 Å². The Balaban J connectivity index is 1.41. The number of amides is 1. The number of carbonyl (C=O) groups is 1. The number of H-pyrrole nitrogens is 1. The van der Waals surface area contributed by atoms with E-state index in [2.05, 4.69) is 20.4 Å². The maximum atomic E-state index is 13.9. The van der Waals surface area contributed by atoms with Crippen LogP contribution in [0.4, 0.5) is 14.6 Å². The van der Waals surface area contributed by atoms with E-state index in [1.54, 1.807) is 18.2 Å². The molecule has 2 heterocycles. The quantitative estimate of drug-likeness (QED) is 0.670. The normalized spacial score (nSPS) is 16.4. The molecule has 1 aliphatic heterocycles. The van der Waals surface area contributed by atoms with Crippen LogP contribution < -0.4 is 15.0 Å². The molecular weight excluding hydrogens is 390 g/mol. The summed E-state index contributed by atoms with van der Waals surface area (Å²) in [7, 11) is 1.38. The van der Waals surface area contributed by atoms with Crippen LogP contribution >= 0.6 is 0 Å². The smallest absolute Gasteiger partial charge is 0.251 e. The lowest BCUT2D eigenvalue weighted by molar-refractivity contribution is 0.0932. The van der Waals surface area contributed by atoms with Gasteiger partial charge < -0.3 is 15.0 Å². The first-order valence-electron chi connectivity index (χ1n) is 9.74. The number of hydrogen-bond donors (Lipinski definition) is 2. The fourth-order valence-electron chi connectivity index (χ4n) is 3.63. The summed E-state index contributed by atoms with van der Waals surface area (Å²) < 4.78 is 31.9. The fourth-order valence-corrected chi connectivity index (χ4v) is 3.63. The number of halogens is 2. The van der Waals surface area contributed by atoms with Crippen LogP contribution in [0.5, 0.6) is 5.75 Å². The van der Waals surface area contributed by atoms with Crippen LogP contribution in [0.15, 0.2) is 48.5 Å². The Kier molecular flexibility index (Phi) is 5.65. The number of piperidine rings is 1. The van der Waals surface area contributed by atoms with E-state index in [9.17, 15) is 13.6 Å². The van der Waals surface area contributed by atoms with E-state index in [1.807, 2.05) is 6.07 Å². The number of nitrogens with one attached hydrogen (secondary N) is 2. The second-order valence-corrected chi connectivity index (χ2v) is 7.25. The molecule has 1 atom stereocenters. The summed E-state index contributed by atoms with van der Waals surface area (Å²) in [5.74, 6) is -0.308. The van der Waals surface area contributed by atoms with Gasteiger partial charge in [0.1, 0.15) is 5.82 Å². The molecule has 3 aromatic rings. The average molecular weight is 412 g/mol. The zero-order valence-electron chi connectivity index (χ0n) is 16.5. The number of aromatic nitrogens is 2. The number of nitrogens with zero attached hydrogens (tertiary/aromatic N) is 2. The van der Waals surface area contributed by atoms with Crippen LogP contribution in [0.2, 0.25) is 0 Å². The predicted molar refractivity (Wildman–Crippen MR) is 110 cm³/mol. The third-order valence-corrected chi connectivity index (χ3v) is 5.21. The van der Waals surface area contributed by atoms with Crippen LogP contribution in [0.3, 0.4) is 0 Å². The van der Waals surface area contributed by atoms with E-state index in [0.717, 1.165) is 36.5 Å². The molecule has 0 spiro atoms. The molecule has 0 radical (unpaired) electrons. The minimum Gasteiger partial charge on any atom is -0.494 e. The van der Waals surface area contributed by atoms with Crippen molar-refractivity contribution >= 4 is 11.7 Å². The first-order valence-corrected chi connectivity index (χ1v) is 9.74. The molecule has 1 aliphatic rings. The summed E-state index contributed by atoms with van der Waals surface area (Å²) in [6.07, 6.45) is 1.72. The lowest BCUT2D eigenvalue weighted by Crippen LogP contribution is -2.48. The Labute approximate surface area is 172 Å². The van der Waals surface area contributed by atoms with E-state index in [1.165, 1.54) is 31.4 Å². The number of rotatable bonds is 5. The molecule has 8 heteroatoms. The number of aromatic amines is 1. The van der Waals surface area contributed by atoms with Crippen molar-refractivity contribution in [2.45, 2.75) is 18.9 Å². The lowest BCUT2D eigenvalue weighted by atomic mass is 10.0. The van der Waals surface area contributed by atoms with E-state index in [4.69, 9.17) is 4.74 Å². The highest BCUT2D eigenvalue weighted by atomic mass is 19.1. The van der Waals surface area contributed by atoms with Gasteiger partial charge in [0, 0.05) is 30.8 Å². The number of ether oxygens (including phenoxy) is 1. The van der Waals surface area contributed by atoms with Crippen LogP contribution in [0.25, 0.3) is 11.3 Å². The second kappa shape index (κ2) is 8.52. The van der Waals surface area contributed by atoms with Crippen molar-refractivity contribution in [1.82, 2.24) is 15.5 Å². The average Bonchev–Trinajstić information content (AvgIpc) is 3.25. The van der Waals surface area contributed by atoms with Gasteiger partial charge >= 0.3 is 0 Å². The minimum absolute atomic E-state index is 0.0811. The highest BCUT2D eigenvalue weighted by Crippen LogP contribution is 2.25. The Hall–Kier alpha value is -3.42. The third kappa shape index (κ3) is 4.27. The van der Waals surface area contributed by atoms with Crippen LogP contribution in [0.1, 0.15) is 23.2 Å². The molecule has 0 bridgehead atoms. The van der Waals surface area contributed by atoms with Gasteiger partial charge in [-0.3, -0.25) is 9.89 Å². The molecule has 1 amide bonds. The molecule has 30 heavy (non-hydrogen) atoms. The van der Waals surface area contributed by atoms with Gasteiger partial charge in [0.15, 0.2) is 17.4 Å². The van der Waals surface area contributed by atoms with Gasteiger partial charge in [-0.15, -0.1) is 0 Å². The van der Waals surface area contributed by atoms with E-state index in [0.29, 0.717) is 6.54 Å². The molecule has 4 rings (SSSR count). The molecule has 0 saturated carbocycles. The molecule has 1 saturated heterocycles. The summed E-state index contributed by atoms with van der Waals surface area (Å²) in [6, 6.07) is 12.2. The molecule has 6 nitrogen and oxygen atoms in total. The second-order valence-electron chi connectivity index (χ2n) is 7.25. The summed E-state index contributed by atoms with van der Waals surface area (Å²) in [6.45, 7) is 1.41. The van der Waals surface area contributed by atoms with Gasteiger partial charge in [-0.2, -0.15) is 5.10 Å². The number of methoxy groups -OCH3 is 1. The first-order chi connectivity index (χ1) is 14.5. The van der Waals surface area contributed by atoms with Gasteiger partial charge in [0.25, 0.3) is 5.91 Å². The fraction of sp³-hybridized carbons (Fsp3) is 0.273. The molecular formula is C22H22F2N4O2. The van der Waals surface area contributed by atoms with Crippen LogP contribution in [0, 0.1) is 11.6 Å². The minimum atomic E-state index is -0.569. The molecule has 2 aromatic carbocycles. The molecule has 2 N–H and O–H groups in total. The Morgan fingerprint density at radius 2 is 2.00 bits per heavy atom. The zero-order valence-corrected chi connectivity index (χ0v) is 16.5. The molecule has 1 aromatic heterocycles. The van der Waals surface area contributed by atoms with E-state index in [-0.39, 0.29) is 29.1 Å². The lowest BCUT2D eigenvalue weighted by Gasteiger charge is -2.33. The standard InChI is InChI=1S/C22H22F2N4O2/c1-30-20-9-6-15(11-18(20)24)22(29)25-17-3-2-10-28(13-17)21-12-19(26-27-21)14-4-7-16(23)8-5-14/h4-9,11-12,17H,2-3,10,13H2,1H3,(H,25,29)(H,26,27). The van der Waals surface area contributed by atoms with Crippen molar-refractivity contribution in [3.8, 4) is 17.0 Å². The Morgan fingerprint density at radius 3 is 2.73 bits per heavy atom. The zero-order chi connectivity index (χ0) is 21.1. The van der Waals surface area contributed by atoms with E-state index < -0.39 is 5.82 Å². The predicted octanol–water partition coefficient (Wildman–Crippen LogP) is 3.76. The van der Waals surface area contributed by atoms with Gasteiger partial charge in [0.05, 0.1) is 12.8 Å². The van der Waals surface area contributed by atoms with Gasteiger partial charge in [0.2, 0.25) is 0 Å². The van der Waals surface area contributed by atoms with E-state index >= 15 is 0 Å². The Bertz CT molecular complexity index is 1040. The highest BCUT2D eigenvalue weighted by Gasteiger charge is 2.24. The third-order valence-electron chi connectivity index (χ3n) is 5.21. The maximum Gasteiger partial charge on any atom is 0.251 e. The SMILES string of the molecule is COc1ccc(C(=O)NC2CCCN(c3cc(-c4ccc(F)cc4)[nH]n3)C2)cc1F. The molecule has 1 unspecified atom stereocenters. The monoisotopic (exact) mass is 412 g/mol. The van der Waals surface area contributed by atoms with Crippen LogP contribution in [-0.4, -0.2) is 42.3 Å². The summed E-state index contributed by atoms with van der Waals surface area (Å²) >= 11 is 0. The molecule has 1 fully saturated rings. The Morgan fingerprint density at radius 1 is 1.20 bits per heavy atom. The number of carbonyl (C=O) groups excluding carboxylic acids is 1. The van der Waals surface area contributed by atoms with Crippen molar-refractivity contribution in [2.75, 3.05) is 25.1 Å². The van der Waals surface area contributed by atoms with Crippen molar-refractivity contribution < 1.29 is 18.3 Å². The number of benzene rings is 2. The number of anilines is 1. The first kappa shape index (κ1) is 19.9. The van der Waals surface area contributed by atoms with Crippen molar-refractivity contribution in [2.24, 2.45) is 0 Å².